The van der Waals surface area contributed by atoms with Gasteiger partial charge in [-0.25, -0.2) is 15.0 Å². The molecule has 0 atom stereocenters. The zero-order valence-electron chi connectivity index (χ0n) is 12.5. The van der Waals surface area contributed by atoms with Crippen molar-refractivity contribution in [2.24, 2.45) is 0 Å². The first-order valence-corrected chi connectivity index (χ1v) is 7.91. The van der Waals surface area contributed by atoms with E-state index >= 15 is 0 Å². The molecule has 0 spiro atoms. The number of thiazole rings is 1. The second-order valence-corrected chi connectivity index (χ2v) is 5.90. The topological polar surface area (TPSA) is 80.2 Å². The minimum Gasteiger partial charge on any atom is -0.378 e. The Morgan fingerprint density at radius 3 is 2.59 bits per heavy atom. The van der Waals surface area contributed by atoms with Crippen LogP contribution in [0.5, 0.6) is 0 Å². The summed E-state index contributed by atoms with van der Waals surface area (Å²) in [5.41, 5.74) is 2.21. The quantitative estimate of drug-likeness (QED) is 0.928. The van der Waals surface area contributed by atoms with E-state index in [1.807, 2.05) is 19.9 Å². The lowest BCUT2D eigenvalue weighted by Gasteiger charge is -2.25. The fourth-order valence-electron chi connectivity index (χ4n) is 2.24. The predicted octanol–water partition coefficient (Wildman–Crippen LogP) is 1.77. The maximum absolute atomic E-state index is 12.3. The Labute approximate surface area is 132 Å². The van der Waals surface area contributed by atoms with Crippen LogP contribution in [0, 0.1) is 13.8 Å². The maximum Gasteiger partial charge on any atom is 0.273 e. The normalized spacial score (nSPS) is 14.9. The van der Waals surface area contributed by atoms with E-state index in [2.05, 4.69) is 20.3 Å². The Bertz CT molecular complexity index is 661. The predicted molar refractivity (Wildman–Crippen MR) is 83.6 cm³/mol. The number of nitrogens with one attached hydrogen (secondary N) is 1. The van der Waals surface area contributed by atoms with E-state index < -0.39 is 0 Å². The number of ether oxygens (including phenoxy) is 1. The fourth-order valence-corrected chi connectivity index (χ4v) is 2.91. The molecule has 1 fully saturated rings. The summed E-state index contributed by atoms with van der Waals surface area (Å²) in [7, 11) is 0. The molecule has 1 aliphatic heterocycles. The van der Waals surface area contributed by atoms with Crippen LogP contribution in [0.4, 0.5) is 11.1 Å². The van der Waals surface area contributed by atoms with Gasteiger partial charge >= 0.3 is 0 Å². The zero-order valence-corrected chi connectivity index (χ0v) is 13.3. The smallest absolute Gasteiger partial charge is 0.273 e. The molecule has 7 nitrogen and oxygen atoms in total. The summed E-state index contributed by atoms with van der Waals surface area (Å²) >= 11 is 1.37. The van der Waals surface area contributed by atoms with E-state index in [1.165, 1.54) is 11.3 Å². The molecule has 1 aliphatic rings. The van der Waals surface area contributed by atoms with Crippen LogP contribution in [-0.4, -0.2) is 52.1 Å². The second kappa shape index (κ2) is 6.37. The second-order valence-electron chi connectivity index (χ2n) is 5.04. The average Bonchev–Trinajstić information content (AvgIpc) is 2.95. The van der Waals surface area contributed by atoms with Crippen molar-refractivity contribution in [1.82, 2.24) is 19.9 Å². The van der Waals surface area contributed by atoms with Crippen molar-refractivity contribution in [3.8, 4) is 0 Å². The monoisotopic (exact) mass is 319 g/mol. The van der Waals surface area contributed by atoms with E-state index in [1.54, 1.807) is 10.3 Å². The highest BCUT2D eigenvalue weighted by Gasteiger charge is 2.21. The van der Waals surface area contributed by atoms with Crippen LogP contribution in [-0.2, 0) is 4.74 Å². The molecule has 3 heterocycles. The van der Waals surface area contributed by atoms with Crippen molar-refractivity contribution in [2.45, 2.75) is 13.8 Å². The largest absolute Gasteiger partial charge is 0.378 e. The zero-order chi connectivity index (χ0) is 15.5. The lowest BCUT2D eigenvalue weighted by Crippen LogP contribution is -2.40. The molecule has 0 saturated carbocycles. The number of hydrogen-bond acceptors (Lipinski definition) is 7. The number of amides is 1. The Hall–Kier alpha value is -2.06. The fraction of sp³-hybridized carbons (Fsp3) is 0.429. The molecule has 116 valence electrons. The molecule has 0 aromatic carbocycles. The van der Waals surface area contributed by atoms with Gasteiger partial charge < -0.3 is 15.0 Å². The third-order valence-corrected chi connectivity index (χ3v) is 3.98. The first-order valence-electron chi connectivity index (χ1n) is 7.04. The highest BCUT2D eigenvalue weighted by atomic mass is 32.1. The molecule has 0 aliphatic carbocycles. The molecule has 8 heteroatoms. The van der Waals surface area contributed by atoms with E-state index in [4.69, 9.17) is 4.74 Å². The number of hydrogen-bond donors (Lipinski definition) is 1. The van der Waals surface area contributed by atoms with Gasteiger partial charge in [0.1, 0.15) is 5.69 Å². The molecule has 3 rings (SSSR count). The Morgan fingerprint density at radius 1 is 1.23 bits per heavy atom. The number of morpholine rings is 1. The van der Waals surface area contributed by atoms with E-state index in [-0.39, 0.29) is 5.91 Å². The van der Waals surface area contributed by atoms with Crippen molar-refractivity contribution in [3.05, 3.63) is 28.5 Å². The molecule has 2 aromatic rings. The van der Waals surface area contributed by atoms with Gasteiger partial charge in [-0.2, -0.15) is 0 Å². The molecule has 0 bridgehead atoms. The minimum absolute atomic E-state index is 0.0612. The average molecular weight is 319 g/mol. The van der Waals surface area contributed by atoms with Crippen LogP contribution in [0.1, 0.15) is 21.9 Å². The number of carbonyl (C=O) groups is 1. The molecule has 1 saturated heterocycles. The van der Waals surface area contributed by atoms with Crippen molar-refractivity contribution in [3.63, 3.8) is 0 Å². The summed E-state index contributed by atoms with van der Waals surface area (Å²) in [5.74, 6) is 0.436. The summed E-state index contributed by atoms with van der Waals surface area (Å²) in [6.45, 7) is 6.21. The molecule has 2 aromatic heterocycles. The Morgan fingerprint density at radius 2 is 1.91 bits per heavy atom. The lowest BCUT2D eigenvalue weighted by molar-refractivity contribution is 0.0299. The van der Waals surface area contributed by atoms with Crippen LogP contribution >= 0.6 is 11.3 Å². The van der Waals surface area contributed by atoms with Crippen LogP contribution in [0.25, 0.3) is 0 Å². The van der Waals surface area contributed by atoms with Gasteiger partial charge in [-0.3, -0.25) is 4.79 Å². The molecular weight excluding hydrogens is 302 g/mol. The summed E-state index contributed by atoms with van der Waals surface area (Å²) in [6, 6.07) is 1.90. The number of aryl methyl sites for hydroxylation is 2. The van der Waals surface area contributed by atoms with Crippen LogP contribution in [0.15, 0.2) is 11.4 Å². The van der Waals surface area contributed by atoms with Crippen LogP contribution in [0.3, 0.4) is 0 Å². The maximum atomic E-state index is 12.3. The third-order valence-electron chi connectivity index (χ3n) is 3.22. The first-order chi connectivity index (χ1) is 10.6. The minimum atomic E-state index is -0.0612. The van der Waals surface area contributed by atoms with Crippen molar-refractivity contribution in [1.29, 1.82) is 0 Å². The van der Waals surface area contributed by atoms with Gasteiger partial charge in [-0.15, -0.1) is 11.3 Å². The summed E-state index contributed by atoms with van der Waals surface area (Å²) in [6.07, 6.45) is 0. The molecule has 0 unspecified atom stereocenters. The summed E-state index contributed by atoms with van der Waals surface area (Å²) in [5, 5.41) is 5.42. The lowest BCUT2D eigenvalue weighted by atomic mass is 10.3. The number of nitrogens with zero attached hydrogens (tertiary/aromatic N) is 4. The van der Waals surface area contributed by atoms with Crippen molar-refractivity contribution >= 4 is 28.3 Å². The molecule has 1 amide bonds. The first kappa shape index (κ1) is 14.9. The number of aromatic nitrogens is 3. The standard InChI is InChI=1S/C14H17N5O2S/c1-9-7-10(2)16-13(15-9)18-14-17-11(8-22-14)12(20)19-3-5-21-6-4-19/h7-8H,3-6H2,1-2H3,(H,15,16,17,18). The number of carbonyl (C=O) groups excluding carboxylic acids is 1. The Balaban J connectivity index is 1.71. The van der Waals surface area contributed by atoms with Gasteiger partial charge in [0.2, 0.25) is 5.95 Å². The van der Waals surface area contributed by atoms with Gasteiger partial charge in [0.15, 0.2) is 5.13 Å². The van der Waals surface area contributed by atoms with Crippen LogP contribution < -0.4 is 5.32 Å². The van der Waals surface area contributed by atoms with E-state index in [0.29, 0.717) is 43.1 Å². The van der Waals surface area contributed by atoms with Gasteiger partial charge in [0, 0.05) is 29.9 Å². The van der Waals surface area contributed by atoms with Crippen molar-refractivity contribution in [2.75, 3.05) is 31.6 Å². The molecule has 22 heavy (non-hydrogen) atoms. The van der Waals surface area contributed by atoms with E-state index in [0.717, 1.165) is 11.4 Å². The van der Waals surface area contributed by atoms with Crippen LogP contribution in [0.2, 0.25) is 0 Å². The Kier molecular flexibility index (Phi) is 4.30. The van der Waals surface area contributed by atoms with E-state index in [9.17, 15) is 4.79 Å². The highest BCUT2D eigenvalue weighted by Crippen LogP contribution is 2.20. The van der Waals surface area contributed by atoms with Crippen molar-refractivity contribution < 1.29 is 9.53 Å². The van der Waals surface area contributed by atoms with Gasteiger partial charge in [0.05, 0.1) is 13.2 Å². The highest BCUT2D eigenvalue weighted by molar-refractivity contribution is 7.14. The number of rotatable bonds is 3. The van der Waals surface area contributed by atoms with Gasteiger partial charge in [-0.05, 0) is 19.9 Å². The summed E-state index contributed by atoms with van der Waals surface area (Å²) in [4.78, 5) is 27.0. The molecular formula is C14H17N5O2S. The summed E-state index contributed by atoms with van der Waals surface area (Å²) < 4.78 is 5.25. The van der Waals surface area contributed by atoms with Gasteiger partial charge in [-0.1, -0.05) is 0 Å². The van der Waals surface area contributed by atoms with Gasteiger partial charge in [0.25, 0.3) is 5.91 Å². The molecule has 1 N–H and O–H groups in total. The molecule has 0 radical (unpaired) electrons. The third kappa shape index (κ3) is 3.40. The number of anilines is 2. The SMILES string of the molecule is Cc1cc(C)nc(Nc2nc(C(=O)N3CCOCC3)cs2)n1.